The SMILES string of the molecule is CCCCCSCCO. The summed E-state index contributed by atoms with van der Waals surface area (Å²) in [4.78, 5) is 0. The van der Waals surface area contributed by atoms with Crippen molar-refractivity contribution in [1.82, 2.24) is 0 Å². The Morgan fingerprint density at radius 2 is 2.00 bits per heavy atom. The molecular weight excluding hydrogens is 132 g/mol. The molecule has 0 aromatic carbocycles. The van der Waals surface area contributed by atoms with Gasteiger partial charge in [0.25, 0.3) is 0 Å². The van der Waals surface area contributed by atoms with Gasteiger partial charge in [-0.3, -0.25) is 0 Å². The normalized spacial score (nSPS) is 10.0. The highest BCUT2D eigenvalue weighted by Gasteiger charge is 1.86. The first kappa shape index (κ1) is 9.31. The minimum Gasteiger partial charge on any atom is -0.396 e. The van der Waals surface area contributed by atoms with E-state index in [0.717, 1.165) is 5.75 Å². The van der Waals surface area contributed by atoms with Gasteiger partial charge >= 0.3 is 0 Å². The van der Waals surface area contributed by atoms with Gasteiger partial charge in [0, 0.05) is 5.75 Å². The van der Waals surface area contributed by atoms with Crippen LogP contribution in [0.2, 0.25) is 0 Å². The number of rotatable bonds is 6. The van der Waals surface area contributed by atoms with E-state index in [1.165, 1.54) is 25.0 Å². The van der Waals surface area contributed by atoms with Crippen molar-refractivity contribution in [3.8, 4) is 0 Å². The average molecular weight is 148 g/mol. The lowest BCUT2D eigenvalue weighted by molar-refractivity contribution is 0.322. The van der Waals surface area contributed by atoms with Gasteiger partial charge in [-0.1, -0.05) is 19.8 Å². The minimum atomic E-state index is 0.330. The van der Waals surface area contributed by atoms with E-state index in [1.54, 1.807) is 0 Å². The number of unbranched alkanes of at least 4 members (excludes halogenated alkanes) is 2. The third-order valence-corrected chi connectivity index (χ3v) is 2.18. The van der Waals surface area contributed by atoms with Gasteiger partial charge in [0.2, 0.25) is 0 Å². The molecule has 0 aliphatic heterocycles. The van der Waals surface area contributed by atoms with Crippen molar-refractivity contribution in [2.75, 3.05) is 18.1 Å². The number of hydrogen-bond acceptors (Lipinski definition) is 2. The second-order valence-corrected chi connectivity index (χ2v) is 3.27. The fourth-order valence-corrected chi connectivity index (χ4v) is 1.36. The van der Waals surface area contributed by atoms with Crippen LogP contribution in [-0.4, -0.2) is 23.2 Å². The molecule has 0 atom stereocenters. The van der Waals surface area contributed by atoms with E-state index in [9.17, 15) is 0 Å². The maximum atomic E-state index is 8.40. The van der Waals surface area contributed by atoms with Crippen molar-refractivity contribution in [1.29, 1.82) is 0 Å². The highest BCUT2D eigenvalue weighted by molar-refractivity contribution is 7.99. The molecule has 0 amide bonds. The maximum absolute atomic E-state index is 8.40. The first-order valence-corrected chi connectivity index (χ1v) is 4.76. The predicted molar refractivity (Wildman–Crippen MR) is 43.9 cm³/mol. The van der Waals surface area contributed by atoms with E-state index in [1.807, 2.05) is 11.8 Å². The van der Waals surface area contributed by atoms with Crippen molar-refractivity contribution in [2.24, 2.45) is 0 Å². The smallest absolute Gasteiger partial charge is 0.0521 e. The van der Waals surface area contributed by atoms with Gasteiger partial charge in [0.15, 0.2) is 0 Å². The fraction of sp³-hybridized carbons (Fsp3) is 1.00. The summed E-state index contributed by atoms with van der Waals surface area (Å²) in [6, 6.07) is 0. The molecule has 0 radical (unpaired) electrons. The Labute approximate surface area is 61.8 Å². The molecule has 0 aromatic heterocycles. The van der Waals surface area contributed by atoms with E-state index in [4.69, 9.17) is 5.11 Å². The lowest BCUT2D eigenvalue weighted by atomic mass is 10.3. The summed E-state index contributed by atoms with van der Waals surface area (Å²) in [5.74, 6) is 2.12. The molecule has 0 spiro atoms. The Morgan fingerprint density at radius 3 is 2.56 bits per heavy atom. The van der Waals surface area contributed by atoms with E-state index in [-0.39, 0.29) is 0 Å². The highest BCUT2D eigenvalue weighted by atomic mass is 32.2. The zero-order chi connectivity index (χ0) is 6.95. The van der Waals surface area contributed by atoms with E-state index >= 15 is 0 Å². The molecule has 0 heterocycles. The number of aliphatic hydroxyl groups is 1. The van der Waals surface area contributed by atoms with Crippen LogP contribution in [0.25, 0.3) is 0 Å². The van der Waals surface area contributed by atoms with Crippen LogP contribution in [0.1, 0.15) is 26.2 Å². The van der Waals surface area contributed by atoms with Crippen LogP contribution >= 0.6 is 11.8 Å². The zero-order valence-electron chi connectivity index (χ0n) is 6.10. The molecule has 9 heavy (non-hydrogen) atoms. The Morgan fingerprint density at radius 1 is 1.22 bits per heavy atom. The lowest BCUT2D eigenvalue weighted by Gasteiger charge is -1.96. The Balaban J connectivity index is 2.60. The molecule has 0 bridgehead atoms. The minimum absolute atomic E-state index is 0.330. The van der Waals surface area contributed by atoms with Gasteiger partial charge in [0.1, 0.15) is 0 Å². The largest absolute Gasteiger partial charge is 0.396 e. The van der Waals surface area contributed by atoms with Gasteiger partial charge in [-0.05, 0) is 12.2 Å². The molecule has 0 fully saturated rings. The summed E-state index contributed by atoms with van der Waals surface area (Å²) in [7, 11) is 0. The van der Waals surface area contributed by atoms with Gasteiger partial charge in [-0.15, -0.1) is 0 Å². The fourth-order valence-electron chi connectivity index (χ4n) is 0.621. The maximum Gasteiger partial charge on any atom is 0.0521 e. The lowest BCUT2D eigenvalue weighted by Crippen LogP contribution is -1.87. The summed E-state index contributed by atoms with van der Waals surface area (Å²) >= 11 is 1.84. The molecule has 0 unspecified atom stereocenters. The molecule has 1 N–H and O–H groups in total. The second kappa shape index (κ2) is 8.31. The van der Waals surface area contributed by atoms with Crippen molar-refractivity contribution < 1.29 is 5.11 Å². The summed E-state index contributed by atoms with van der Waals surface area (Å²) in [5.41, 5.74) is 0. The zero-order valence-corrected chi connectivity index (χ0v) is 6.91. The molecule has 56 valence electrons. The standard InChI is InChI=1S/C7H16OS/c1-2-3-4-6-9-7-5-8/h8H,2-7H2,1H3. The monoisotopic (exact) mass is 148 g/mol. The van der Waals surface area contributed by atoms with Gasteiger partial charge in [-0.2, -0.15) is 11.8 Å². The van der Waals surface area contributed by atoms with Crippen LogP contribution in [0.5, 0.6) is 0 Å². The molecule has 2 heteroatoms. The molecule has 0 rings (SSSR count). The van der Waals surface area contributed by atoms with Crippen molar-refractivity contribution >= 4 is 11.8 Å². The number of aliphatic hydroxyl groups excluding tert-OH is 1. The molecule has 0 aromatic rings. The topological polar surface area (TPSA) is 20.2 Å². The summed E-state index contributed by atoms with van der Waals surface area (Å²) in [5, 5.41) is 8.40. The van der Waals surface area contributed by atoms with Crippen molar-refractivity contribution in [3.63, 3.8) is 0 Å². The quantitative estimate of drug-likeness (QED) is 0.581. The van der Waals surface area contributed by atoms with Crippen LogP contribution in [-0.2, 0) is 0 Å². The molecular formula is C7H16OS. The Kier molecular flexibility index (Phi) is 8.60. The molecule has 0 saturated heterocycles. The summed E-state index contributed by atoms with van der Waals surface area (Å²) in [6.07, 6.45) is 3.93. The van der Waals surface area contributed by atoms with Crippen molar-refractivity contribution in [3.05, 3.63) is 0 Å². The molecule has 0 aliphatic carbocycles. The van der Waals surface area contributed by atoms with Gasteiger partial charge in [-0.25, -0.2) is 0 Å². The molecule has 1 nitrogen and oxygen atoms in total. The summed E-state index contributed by atoms with van der Waals surface area (Å²) < 4.78 is 0. The third-order valence-electron chi connectivity index (χ3n) is 1.13. The second-order valence-electron chi connectivity index (χ2n) is 2.04. The number of thioether (sulfide) groups is 1. The Bertz CT molecular complexity index is 42.2. The molecule has 0 saturated carbocycles. The van der Waals surface area contributed by atoms with Crippen LogP contribution in [0.4, 0.5) is 0 Å². The first-order chi connectivity index (χ1) is 4.41. The van der Waals surface area contributed by atoms with Crippen LogP contribution < -0.4 is 0 Å². The average Bonchev–Trinajstić information content (AvgIpc) is 1.89. The first-order valence-electron chi connectivity index (χ1n) is 3.60. The summed E-state index contributed by atoms with van der Waals surface area (Å²) in [6.45, 7) is 2.54. The molecule has 0 aliphatic rings. The third kappa shape index (κ3) is 8.31. The number of hydrogen-bond donors (Lipinski definition) is 1. The van der Waals surface area contributed by atoms with Crippen LogP contribution in [0.3, 0.4) is 0 Å². The van der Waals surface area contributed by atoms with Crippen molar-refractivity contribution in [2.45, 2.75) is 26.2 Å². The van der Waals surface area contributed by atoms with Gasteiger partial charge in [0.05, 0.1) is 6.61 Å². The van der Waals surface area contributed by atoms with Gasteiger partial charge < -0.3 is 5.11 Å². The van der Waals surface area contributed by atoms with E-state index in [0.29, 0.717) is 6.61 Å². The van der Waals surface area contributed by atoms with Crippen LogP contribution in [0.15, 0.2) is 0 Å². The predicted octanol–water partition coefficient (Wildman–Crippen LogP) is 1.90. The van der Waals surface area contributed by atoms with E-state index in [2.05, 4.69) is 6.92 Å². The van der Waals surface area contributed by atoms with Crippen LogP contribution in [0, 0.1) is 0 Å². The Hall–Kier alpha value is 0.310. The van der Waals surface area contributed by atoms with E-state index < -0.39 is 0 Å². The highest BCUT2D eigenvalue weighted by Crippen LogP contribution is 2.04.